The van der Waals surface area contributed by atoms with Gasteiger partial charge in [0.2, 0.25) is 0 Å². The second kappa shape index (κ2) is 8.34. The molecule has 2 rings (SSSR count). The first-order valence-electron chi connectivity index (χ1n) is 7.85. The van der Waals surface area contributed by atoms with Crippen LogP contribution in [0.1, 0.15) is 22.7 Å². The van der Waals surface area contributed by atoms with Crippen LogP contribution in [-0.4, -0.2) is 31.6 Å². The van der Waals surface area contributed by atoms with Crippen molar-refractivity contribution in [1.29, 1.82) is 0 Å². The maximum atomic E-state index is 12.0. The lowest BCUT2D eigenvalue weighted by Gasteiger charge is -2.25. The van der Waals surface area contributed by atoms with Crippen molar-refractivity contribution in [1.82, 2.24) is 15.5 Å². The van der Waals surface area contributed by atoms with E-state index in [-0.39, 0.29) is 12.1 Å². The Labute approximate surface area is 138 Å². The minimum absolute atomic E-state index is 0.146. The summed E-state index contributed by atoms with van der Waals surface area (Å²) in [5, 5.41) is 5.84. The molecule has 4 heteroatoms. The molecule has 4 nitrogen and oxygen atoms in total. The van der Waals surface area contributed by atoms with Crippen molar-refractivity contribution in [3.8, 4) is 0 Å². The number of hydrogen-bond donors (Lipinski definition) is 2. The number of aryl methyl sites for hydroxylation is 1. The minimum Gasteiger partial charge on any atom is -0.336 e. The van der Waals surface area contributed by atoms with E-state index in [1.54, 1.807) is 0 Å². The molecule has 0 saturated heterocycles. The summed E-state index contributed by atoms with van der Waals surface area (Å²) in [4.78, 5) is 14.1. The molecule has 0 aliphatic carbocycles. The number of hydrogen-bond acceptors (Lipinski definition) is 2. The molecule has 0 heterocycles. The molecule has 23 heavy (non-hydrogen) atoms. The fourth-order valence-electron chi connectivity index (χ4n) is 2.42. The van der Waals surface area contributed by atoms with Crippen molar-refractivity contribution in [2.24, 2.45) is 0 Å². The van der Waals surface area contributed by atoms with E-state index in [0.717, 1.165) is 5.56 Å². The zero-order valence-corrected chi connectivity index (χ0v) is 14.0. The van der Waals surface area contributed by atoms with Gasteiger partial charge >= 0.3 is 6.03 Å². The fourth-order valence-corrected chi connectivity index (χ4v) is 2.42. The van der Waals surface area contributed by atoms with Crippen molar-refractivity contribution in [2.45, 2.75) is 19.5 Å². The first kappa shape index (κ1) is 17.0. The summed E-state index contributed by atoms with van der Waals surface area (Å²) in [7, 11) is 4.04. The molecule has 0 bridgehead atoms. The second-order valence-corrected chi connectivity index (χ2v) is 5.94. The monoisotopic (exact) mass is 311 g/mol. The first-order valence-corrected chi connectivity index (χ1v) is 7.85. The summed E-state index contributed by atoms with van der Waals surface area (Å²) in [6, 6.07) is 18.3. The molecule has 122 valence electrons. The Kier molecular flexibility index (Phi) is 6.18. The van der Waals surface area contributed by atoms with Gasteiger partial charge in [-0.2, -0.15) is 0 Å². The van der Waals surface area contributed by atoms with Crippen LogP contribution in [0.3, 0.4) is 0 Å². The van der Waals surface area contributed by atoms with Crippen molar-refractivity contribution in [3.05, 3.63) is 71.3 Å². The van der Waals surface area contributed by atoms with Crippen LogP contribution in [0.5, 0.6) is 0 Å². The standard InChI is InChI=1S/C19H25N3O/c1-15-9-11-17(12-10-15)18(22(2)3)14-21-19(23)20-13-16-7-5-4-6-8-16/h4-12,18H,13-14H2,1-3H3,(H2,20,21,23). The van der Waals surface area contributed by atoms with E-state index >= 15 is 0 Å². The number of nitrogens with one attached hydrogen (secondary N) is 2. The second-order valence-electron chi connectivity index (χ2n) is 5.94. The molecule has 2 aromatic rings. The lowest BCUT2D eigenvalue weighted by atomic mass is 10.0. The highest BCUT2D eigenvalue weighted by Crippen LogP contribution is 2.17. The number of benzene rings is 2. The van der Waals surface area contributed by atoms with E-state index in [0.29, 0.717) is 13.1 Å². The van der Waals surface area contributed by atoms with Gasteiger partial charge in [-0.05, 0) is 32.1 Å². The minimum atomic E-state index is -0.146. The van der Waals surface area contributed by atoms with Crippen LogP contribution >= 0.6 is 0 Å². The molecule has 1 atom stereocenters. The van der Waals surface area contributed by atoms with E-state index < -0.39 is 0 Å². The van der Waals surface area contributed by atoms with Crippen LogP contribution in [0.2, 0.25) is 0 Å². The number of urea groups is 1. The van der Waals surface area contributed by atoms with Gasteiger partial charge in [0.1, 0.15) is 0 Å². The lowest BCUT2D eigenvalue weighted by molar-refractivity contribution is 0.232. The van der Waals surface area contributed by atoms with Gasteiger partial charge in [0.25, 0.3) is 0 Å². The summed E-state index contributed by atoms with van der Waals surface area (Å²) in [6.45, 7) is 3.17. The third kappa shape index (κ3) is 5.42. The molecule has 0 aromatic heterocycles. The predicted octanol–water partition coefficient (Wildman–Crippen LogP) is 3.10. The smallest absolute Gasteiger partial charge is 0.315 e. The normalized spacial score (nSPS) is 12.0. The summed E-state index contributed by atoms with van der Waals surface area (Å²) in [6.07, 6.45) is 0. The molecular weight excluding hydrogens is 286 g/mol. The molecular formula is C19H25N3O. The van der Waals surface area contributed by atoms with E-state index in [1.165, 1.54) is 11.1 Å². The van der Waals surface area contributed by atoms with Gasteiger partial charge in [0, 0.05) is 13.1 Å². The molecule has 2 N–H and O–H groups in total. The first-order chi connectivity index (χ1) is 11.1. The summed E-state index contributed by atoms with van der Waals surface area (Å²) in [5.41, 5.74) is 3.52. The quantitative estimate of drug-likeness (QED) is 0.861. The molecule has 0 aliphatic rings. The maximum Gasteiger partial charge on any atom is 0.315 e. The maximum absolute atomic E-state index is 12.0. The van der Waals surface area contributed by atoms with Crippen LogP contribution in [0, 0.1) is 6.92 Å². The molecule has 2 aromatic carbocycles. The Morgan fingerprint density at radius 1 is 1.00 bits per heavy atom. The number of rotatable bonds is 6. The Bertz CT molecular complexity index is 608. The van der Waals surface area contributed by atoms with Gasteiger partial charge in [-0.15, -0.1) is 0 Å². The van der Waals surface area contributed by atoms with Gasteiger partial charge < -0.3 is 15.5 Å². The molecule has 1 unspecified atom stereocenters. The molecule has 2 amide bonds. The van der Waals surface area contributed by atoms with Gasteiger partial charge in [0.05, 0.1) is 6.04 Å². The Morgan fingerprint density at radius 2 is 1.65 bits per heavy atom. The molecule has 0 fully saturated rings. The summed E-state index contributed by atoms with van der Waals surface area (Å²) >= 11 is 0. The summed E-state index contributed by atoms with van der Waals surface area (Å²) in [5.74, 6) is 0. The third-order valence-electron chi connectivity index (χ3n) is 3.84. The number of amides is 2. The van der Waals surface area contributed by atoms with Gasteiger partial charge in [0.15, 0.2) is 0 Å². The summed E-state index contributed by atoms with van der Waals surface area (Å²) < 4.78 is 0. The number of carbonyl (C=O) groups excluding carboxylic acids is 1. The van der Waals surface area contributed by atoms with Crippen molar-refractivity contribution in [3.63, 3.8) is 0 Å². The highest BCUT2D eigenvalue weighted by molar-refractivity contribution is 5.73. The average molecular weight is 311 g/mol. The van der Waals surface area contributed by atoms with Gasteiger partial charge in [-0.1, -0.05) is 60.2 Å². The zero-order valence-electron chi connectivity index (χ0n) is 14.0. The van der Waals surface area contributed by atoms with Crippen molar-refractivity contribution in [2.75, 3.05) is 20.6 Å². The number of nitrogens with zero attached hydrogens (tertiary/aromatic N) is 1. The number of likely N-dealkylation sites (N-methyl/N-ethyl adjacent to an activating group) is 1. The van der Waals surface area contributed by atoms with Crippen LogP contribution < -0.4 is 10.6 Å². The van der Waals surface area contributed by atoms with Gasteiger partial charge in [-0.3, -0.25) is 0 Å². The molecule has 0 radical (unpaired) electrons. The van der Waals surface area contributed by atoms with E-state index in [2.05, 4.69) is 46.7 Å². The molecule has 0 saturated carbocycles. The Hall–Kier alpha value is -2.33. The van der Waals surface area contributed by atoms with Crippen LogP contribution in [0.25, 0.3) is 0 Å². The molecule has 0 aliphatic heterocycles. The van der Waals surface area contributed by atoms with E-state index in [1.807, 2.05) is 44.4 Å². The number of carbonyl (C=O) groups is 1. The highest BCUT2D eigenvalue weighted by atomic mass is 16.2. The third-order valence-corrected chi connectivity index (χ3v) is 3.84. The van der Waals surface area contributed by atoms with Crippen LogP contribution in [-0.2, 0) is 6.54 Å². The molecule has 0 spiro atoms. The fraction of sp³-hybridized carbons (Fsp3) is 0.316. The largest absolute Gasteiger partial charge is 0.336 e. The zero-order chi connectivity index (χ0) is 16.7. The van der Waals surface area contributed by atoms with E-state index in [4.69, 9.17) is 0 Å². The van der Waals surface area contributed by atoms with Gasteiger partial charge in [-0.25, -0.2) is 4.79 Å². The SMILES string of the molecule is Cc1ccc(C(CNC(=O)NCc2ccccc2)N(C)C)cc1. The topological polar surface area (TPSA) is 44.4 Å². The van der Waals surface area contributed by atoms with Crippen LogP contribution in [0.15, 0.2) is 54.6 Å². The average Bonchev–Trinajstić information content (AvgIpc) is 2.55. The van der Waals surface area contributed by atoms with Crippen molar-refractivity contribution < 1.29 is 4.79 Å². The predicted molar refractivity (Wildman–Crippen MR) is 94.3 cm³/mol. The Balaban J connectivity index is 1.86. The lowest BCUT2D eigenvalue weighted by Crippen LogP contribution is -2.40. The van der Waals surface area contributed by atoms with Crippen LogP contribution in [0.4, 0.5) is 4.79 Å². The van der Waals surface area contributed by atoms with E-state index in [9.17, 15) is 4.79 Å². The van der Waals surface area contributed by atoms with Crippen molar-refractivity contribution >= 4 is 6.03 Å². The highest BCUT2D eigenvalue weighted by Gasteiger charge is 2.14. The Morgan fingerprint density at radius 3 is 2.26 bits per heavy atom.